The first-order chi connectivity index (χ1) is 12.0. The molecular formula is C19H15FN2O3. The molecule has 0 saturated carbocycles. The largest absolute Gasteiger partial charge is 0.453 e. The zero-order valence-corrected chi connectivity index (χ0v) is 13.4. The average Bonchev–Trinajstić information content (AvgIpc) is 2.63. The molecule has 0 unspecified atom stereocenters. The van der Waals surface area contributed by atoms with Crippen molar-refractivity contribution in [1.82, 2.24) is 9.55 Å². The molecule has 0 bridgehead atoms. The van der Waals surface area contributed by atoms with Crippen LogP contribution < -0.4 is 5.56 Å². The summed E-state index contributed by atoms with van der Waals surface area (Å²) in [4.78, 5) is 28.5. The summed E-state index contributed by atoms with van der Waals surface area (Å²) in [6.07, 6.45) is 2.47. The van der Waals surface area contributed by atoms with Crippen LogP contribution in [-0.2, 0) is 4.74 Å². The fourth-order valence-corrected chi connectivity index (χ4v) is 2.32. The highest BCUT2D eigenvalue weighted by atomic mass is 19.1. The Morgan fingerprint density at radius 3 is 2.56 bits per heavy atom. The van der Waals surface area contributed by atoms with Gasteiger partial charge < -0.3 is 4.74 Å². The van der Waals surface area contributed by atoms with E-state index in [-0.39, 0.29) is 11.1 Å². The van der Waals surface area contributed by atoms with Gasteiger partial charge in [0, 0.05) is 24.1 Å². The number of benzene rings is 1. The molecule has 2 heterocycles. The van der Waals surface area contributed by atoms with Gasteiger partial charge in [0.15, 0.2) is 0 Å². The van der Waals surface area contributed by atoms with Gasteiger partial charge in [-0.05, 0) is 49.4 Å². The fourth-order valence-electron chi connectivity index (χ4n) is 2.32. The lowest BCUT2D eigenvalue weighted by Crippen LogP contribution is -2.19. The summed E-state index contributed by atoms with van der Waals surface area (Å²) >= 11 is 0. The van der Waals surface area contributed by atoms with Gasteiger partial charge in [0.05, 0.1) is 11.3 Å². The predicted octanol–water partition coefficient (Wildman–Crippen LogP) is 3.29. The number of nitrogens with zero attached hydrogens (tertiary/aromatic N) is 2. The van der Waals surface area contributed by atoms with Crippen LogP contribution in [0.2, 0.25) is 0 Å². The van der Waals surface area contributed by atoms with Crippen LogP contribution in [0.25, 0.3) is 5.69 Å². The van der Waals surface area contributed by atoms with E-state index in [9.17, 15) is 14.0 Å². The summed E-state index contributed by atoms with van der Waals surface area (Å²) in [5, 5.41) is 0. The van der Waals surface area contributed by atoms with Crippen LogP contribution in [-0.4, -0.2) is 15.5 Å². The number of hydrogen-bond acceptors (Lipinski definition) is 4. The number of ether oxygens (including phenoxy) is 1. The second-order valence-corrected chi connectivity index (χ2v) is 5.40. The molecule has 0 radical (unpaired) electrons. The SMILES string of the molecule is C[C@H](OC(=O)c1ccc(=O)n(-c2ccc(F)cc2)c1)c1ccccn1. The van der Waals surface area contributed by atoms with Crippen molar-refractivity contribution in [2.24, 2.45) is 0 Å². The zero-order chi connectivity index (χ0) is 17.8. The number of halogens is 1. The summed E-state index contributed by atoms with van der Waals surface area (Å²) in [5.74, 6) is -0.981. The normalized spacial score (nSPS) is 11.8. The summed E-state index contributed by atoms with van der Waals surface area (Å²) in [5.41, 5.74) is 0.967. The van der Waals surface area contributed by atoms with E-state index in [1.54, 1.807) is 31.3 Å². The van der Waals surface area contributed by atoms with E-state index in [0.717, 1.165) is 0 Å². The second kappa shape index (κ2) is 7.09. The Labute approximate surface area is 143 Å². The monoisotopic (exact) mass is 338 g/mol. The number of hydrogen-bond donors (Lipinski definition) is 0. The lowest BCUT2D eigenvalue weighted by atomic mass is 10.2. The van der Waals surface area contributed by atoms with E-state index in [2.05, 4.69) is 4.98 Å². The lowest BCUT2D eigenvalue weighted by Gasteiger charge is -2.13. The average molecular weight is 338 g/mol. The highest BCUT2D eigenvalue weighted by Gasteiger charge is 2.15. The van der Waals surface area contributed by atoms with Crippen molar-refractivity contribution in [1.29, 1.82) is 0 Å². The number of carbonyl (C=O) groups excluding carboxylic acids is 1. The van der Waals surface area contributed by atoms with Crippen LogP contribution in [0, 0.1) is 5.82 Å². The quantitative estimate of drug-likeness (QED) is 0.685. The number of pyridine rings is 2. The predicted molar refractivity (Wildman–Crippen MR) is 90.1 cm³/mol. The maximum Gasteiger partial charge on any atom is 0.340 e. The van der Waals surface area contributed by atoms with Crippen LogP contribution >= 0.6 is 0 Å². The van der Waals surface area contributed by atoms with E-state index in [1.807, 2.05) is 0 Å². The molecule has 1 aromatic carbocycles. The molecule has 0 fully saturated rings. The first kappa shape index (κ1) is 16.6. The van der Waals surface area contributed by atoms with Gasteiger partial charge in [0.25, 0.3) is 5.56 Å². The van der Waals surface area contributed by atoms with Gasteiger partial charge in [-0.15, -0.1) is 0 Å². The minimum atomic E-state index is -0.575. The van der Waals surface area contributed by atoms with Crippen molar-refractivity contribution in [3.05, 3.63) is 94.4 Å². The molecule has 0 aliphatic carbocycles. The molecule has 0 N–H and O–H groups in total. The highest BCUT2D eigenvalue weighted by molar-refractivity contribution is 5.89. The number of carbonyl (C=O) groups is 1. The first-order valence-electron chi connectivity index (χ1n) is 7.65. The molecule has 3 rings (SSSR count). The third kappa shape index (κ3) is 3.80. The summed E-state index contributed by atoms with van der Waals surface area (Å²) in [7, 11) is 0. The molecule has 0 spiro atoms. The highest BCUT2D eigenvalue weighted by Crippen LogP contribution is 2.16. The van der Waals surface area contributed by atoms with Crippen molar-refractivity contribution >= 4 is 5.97 Å². The van der Waals surface area contributed by atoms with Crippen molar-refractivity contribution in [2.75, 3.05) is 0 Å². The Balaban J connectivity index is 1.85. The molecule has 0 amide bonds. The summed E-state index contributed by atoms with van der Waals surface area (Å²) in [6, 6.07) is 13.4. The Morgan fingerprint density at radius 2 is 1.88 bits per heavy atom. The fraction of sp³-hybridized carbons (Fsp3) is 0.105. The maximum atomic E-state index is 13.0. The summed E-state index contributed by atoms with van der Waals surface area (Å²) < 4.78 is 19.7. The number of rotatable bonds is 4. The minimum absolute atomic E-state index is 0.215. The molecule has 25 heavy (non-hydrogen) atoms. The van der Waals surface area contributed by atoms with E-state index in [4.69, 9.17) is 4.74 Å². The molecule has 0 aliphatic rings. The van der Waals surface area contributed by atoms with Crippen LogP contribution in [0.15, 0.2) is 71.8 Å². The third-order valence-corrected chi connectivity index (χ3v) is 3.64. The van der Waals surface area contributed by atoms with Crippen molar-refractivity contribution < 1.29 is 13.9 Å². The maximum absolute atomic E-state index is 13.0. The molecule has 3 aromatic rings. The Hall–Kier alpha value is -3.28. The molecule has 0 saturated heterocycles. The first-order valence-corrected chi connectivity index (χ1v) is 7.65. The third-order valence-electron chi connectivity index (χ3n) is 3.64. The van der Waals surface area contributed by atoms with Gasteiger partial charge in [0.1, 0.15) is 11.9 Å². The smallest absolute Gasteiger partial charge is 0.340 e. The van der Waals surface area contributed by atoms with Gasteiger partial charge >= 0.3 is 5.97 Å². The van der Waals surface area contributed by atoms with E-state index >= 15 is 0 Å². The van der Waals surface area contributed by atoms with Crippen LogP contribution in [0.1, 0.15) is 29.1 Å². The Kier molecular flexibility index (Phi) is 4.70. The van der Waals surface area contributed by atoms with Crippen LogP contribution in [0.5, 0.6) is 0 Å². The van der Waals surface area contributed by atoms with Crippen molar-refractivity contribution in [3.8, 4) is 5.69 Å². The summed E-state index contributed by atoms with van der Waals surface area (Å²) in [6.45, 7) is 1.72. The number of esters is 1. The number of aromatic nitrogens is 2. The van der Waals surface area contributed by atoms with Gasteiger partial charge in [0.2, 0.25) is 0 Å². The van der Waals surface area contributed by atoms with E-state index in [0.29, 0.717) is 11.4 Å². The molecule has 6 heteroatoms. The topological polar surface area (TPSA) is 61.2 Å². The van der Waals surface area contributed by atoms with Crippen LogP contribution in [0.4, 0.5) is 4.39 Å². The van der Waals surface area contributed by atoms with E-state index in [1.165, 1.54) is 47.2 Å². The molecule has 126 valence electrons. The standard InChI is InChI=1S/C19H15FN2O3/c1-13(17-4-2-3-11-21-17)25-19(24)14-5-10-18(23)22(12-14)16-8-6-15(20)7-9-16/h2-13H,1H3/t13-/m0/s1. The van der Waals surface area contributed by atoms with Crippen molar-refractivity contribution in [2.45, 2.75) is 13.0 Å². The second-order valence-electron chi connectivity index (χ2n) is 5.40. The molecule has 0 aliphatic heterocycles. The van der Waals surface area contributed by atoms with Gasteiger partial charge in [-0.3, -0.25) is 14.3 Å². The lowest BCUT2D eigenvalue weighted by molar-refractivity contribution is 0.0328. The Bertz CT molecular complexity index is 937. The van der Waals surface area contributed by atoms with Crippen molar-refractivity contribution in [3.63, 3.8) is 0 Å². The van der Waals surface area contributed by atoms with Crippen LogP contribution in [0.3, 0.4) is 0 Å². The molecular weight excluding hydrogens is 323 g/mol. The molecule has 2 aromatic heterocycles. The molecule has 5 nitrogen and oxygen atoms in total. The van der Waals surface area contributed by atoms with Gasteiger partial charge in [-0.25, -0.2) is 9.18 Å². The molecule has 1 atom stereocenters. The van der Waals surface area contributed by atoms with E-state index < -0.39 is 17.9 Å². The van der Waals surface area contributed by atoms with Gasteiger partial charge in [-0.2, -0.15) is 0 Å². The zero-order valence-electron chi connectivity index (χ0n) is 13.4. The van der Waals surface area contributed by atoms with Gasteiger partial charge in [-0.1, -0.05) is 6.07 Å². The minimum Gasteiger partial charge on any atom is -0.453 e. The Morgan fingerprint density at radius 1 is 1.12 bits per heavy atom.